The number of hydrogen-bond donors (Lipinski definition) is 1. The first-order chi connectivity index (χ1) is 21.9. The molecule has 2 aliphatic heterocycles. The van der Waals surface area contributed by atoms with E-state index < -0.39 is 26.4 Å². The number of hydrogen-bond acceptors (Lipinski definition) is 9. The Morgan fingerprint density at radius 1 is 1.04 bits per heavy atom. The third-order valence-corrected chi connectivity index (χ3v) is 9.43. The first-order valence-corrected chi connectivity index (χ1v) is 15.5. The fraction of sp³-hybridized carbons (Fsp3) is 0.200. The number of alkyl halides is 3. The number of nitrogens with zero attached hydrogens (tertiary/aromatic N) is 6. The number of halogens is 3. The number of anilines is 2. The van der Waals surface area contributed by atoms with Crippen LogP contribution in [0.2, 0.25) is 0 Å². The number of carbonyl (C=O) groups is 1. The number of pyridine rings is 1. The lowest BCUT2D eigenvalue weighted by atomic mass is 10.1. The molecule has 2 aliphatic rings. The summed E-state index contributed by atoms with van der Waals surface area (Å²) < 4.78 is 72.8. The minimum absolute atomic E-state index is 0.0347. The standard InChI is InChI=1S/C30H25F3N7O5S/c1-40(45-29(41)30(31,32)33)26-16-20(7-11-24(26)37-46(40,42)43)25-17-34-27(38-12-14-44-15-13-38)28-36-22(18-39(25)28)10-9-21-8-6-19-4-2-3-5-23(19)35-21/h2-11,16-18,37H,12-15H2,1H3/q+1/b10-9+. The van der Waals surface area contributed by atoms with E-state index in [2.05, 4.69) is 19.5 Å². The normalized spacial score (nSPS) is 19.4. The Labute approximate surface area is 260 Å². The van der Waals surface area contributed by atoms with Crippen molar-refractivity contribution in [2.45, 2.75) is 6.18 Å². The Balaban J connectivity index is 1.32. The van der Waals surface area contributed by atoms with Crippen LogP contribution in [0.3, 0.4) is 0 Å². The number of para-hydroxylation sites is 1. The Morgan fingerprint density at radius 3 is 2.59 bits per heavy atom. The third-order valence-electron chi connectivity index (χ3n) is 7.77. The van der Waals surface area contributed by atoms with E-state index in [-0.39, 0.29) is 11.4 Å². The van der Waals surface area contributed by atoms with E-state index in [1.165, 1.54) is 12.1 Å². The first-order valence-electron chi connectivity index (χ1n) is 14.0. The number of hydroxylamine groups is 1. The van der Waals surface area contributed by atoms with E-state index >= 15 is 0 Å². The van der Waals surface area contributed by atoms with Gasteiger partial charge in [0.15, 0.2) is 11.5 Å². The molecular weight excluding hydrogens is 627 g/mol. The van der Waals surface area contributed by atoms with Crippen molar-refractivity contribution < 1.29 is 36.0 Å². The molecule has 1 fully saturated rings. The van der Waals surface area contributed by atoms with Crippen LogP contribution in [0.15, 0.2) is 67.0 Å². The van der Waals surface area contributed by atoms with Crippen LogP contribution in [-0.4, -0.2) is 73.3 Å². The highest BCUT2D eigenvalue weighted by Crippen LogP contribution is 2.44. The van der Waals surface area contributed by atoms with Gasteiger partial charge < -0.3 is 9.64 Å². The zero-order valence-electron chi connectivity index (χ0n) is 24.1. The van der Waals surface area contributed by atoms with Crippen molar-refractivity contribution in [1.29, 1.82) is 0 Å². The Kier molecular flexibility index (Phi) is 6.95. The molecule has 1 N–H and O–H groups in total. The summed E-state index contributed by atoms with van der Waals surface area (Å²) in [6.45, 7) is 2.19. The number of nitrogens with one attached hydrogen (secondary N) is 1. The maximum atomic E-state index is 13.1. The second-order valence-electron chi connectivity index (χ2n) is 10.7. The number of aromatic nitrogens is 4. The highest BCUT2D eigenvalue weighted by molar-refractivity contribution is 7.92. The SMILES string of the molecule is C[N+]1(OC(=O)C(F)(F)F)c2cc(-c3cnc(N4CCOCC4)c4nc(/C=C/c5ccc6ccccc6n5)cn34)ccc2NS1(=O)=O. The third kappa shape index (κ3) is 5.09. The van der Waals surface area contributed by atoms with Crippen LogP contribution in [-0.2, 0) is 24.6 Å². The maximum absolute atomic E-state index is 13.1. The number of rotatable bonds is 5. The maximum Gasteiger partial charge on any atom is 0.497 e. The van der Waals surface area contributed by atoms with Crippen molar-refractivity contribution in [1.82, 2.24) is 23.4 Å². The minimum Gasteiger partial charge on any atom is -0.378 e. The molecule has 0 saturated carbocycles. The Bertz CT molecular complexity index is 2160. The zero-order valence-corrected chi connectivity index (χ0v) is 24.9. The summed E-state index contributed by atoms with van der Waals surface area (Å²) in [4.78, 5) is 32.6. The van der Waals surface area contributed by atoms with Gasteiger partial charge in [0, 0.05) is 40.4 Å². The lowest BCUT2D eigenvalue weighted by Crippen LogP contribution is -2.52. The molecule has 12 nitrogen and oxygen atoms in total. The number of benzene rings is 2. The van der Waals surface area contributed by atoms with Gasteiger partial charge in [0.2, 0.25) is 5.69 Å². The molecular formula is C30H25F3N7O5S+. The molecule has 0 aliphatic carbocycles. The lowest BCUT2D eigenvalue weighted by Gasteiger charge is -2.28. The summed E-state index contributed by atoms with van der Waals surface area (Å²) in [5.74, 6) is -2.05. The second-order valence-corrected chi connectivity index (χ2v) is 12.6. The monoisotopic (exact) mass is 652 g/mol. The van der Waals surface area contributed by atoms with Gasteiger partial charge in [-0.2, -0.15) is 13.2 Å². The van der Waals surface area contributed by atoms with Crippen LogP contribution >= 0.6 is 0 Å². The number of quaternary nitrogens is 1. The lowest BCUT2D eigenvalue weighted by molar-refractivity contribution is -0.217. The van der Waals surface area contributed by atoms with Gasteiger partial charge in [-0.1, -0.05) is 30.3 Å². The summed E-state index contributed by atoms with van der Waals surface area (Å²) in [6, 6.07) is 16.0. The van der Waals surface area contributed by atoms with E-state index in [1.54, 1.807) is 28.9 Å². The predicted octanol–water partition coefficient (Wildman–Crippen LogP) is 4.58. The molecule has 16 heteroatoms. The Morgan fingerprint density at radius 2 is 1.80 bits per heavy atom. The molecule has 0 spiro atoms. The molecule has 1 unspecified atom stereocenters. The molecule has 5 aromatic rings. The predicted molar refractivity (Wildman–Crippen MR) is 165 cm³/mol. The average Bonchev–Trinajstić information content (AvgIpc) is 3.55. The molecule has 0 radical (unpaired) electrons. The van der Waals surface area contributed by atoms with Crippen molar-refractivity contribution in [2.24, 2.45) is 0 Å². The average molecular weight is 653 g/mol. The molecule has 1 saturated heterocycles. The van der Waals surface area contributed by atoms with Gasteiger partial charge in [-0.3, -0.25) is 4.40 Å². The molecule has 1 atom stereocenters. The van der Waals surface area contributed by atoms with Crippen LogP contribution in [0.25, 0.3) is 40.0 Å². The van der Waals surface area contributed by atoms with Crippen LogP contribution in [0, 0.1) is 0 Å². The smallest absolute Gasteiger partial charge is 0.378 e. The van der Waals surface area contributed by atoms with Gasteiger partial charge in [0.05, 0.1) is 42.0 Å². The van der Waals surface area contributed by atoms with Crippen LogP contribution in [0.5, 0.6) is 0 Å². The van der Waals surface area contributed by atoms with Crippen molar-refractivity contribution in [2.75, 3.05) is 43.0 Å². The first kappa shape index (κ1) is 29.6. The second kappa shape index (κ2) is 10.8. The number of imidazole rings is 1. The molecule has 3 aromatic heterocycles. The summed E-state index contributed by atoms with van der Waals surface area (Å²) in [5, 5.41) is 1.01. The quantitative estimate of drug-likeness (QED) is 0.272. The molecule has 2 aromatic carbocycles. The highest BCUT2D eigenvalue weighted by Gasteiger charge is 2.57. The van der Waals surface area contributed by atoms with Gasteiger partial charge in [0.25, 0.3) is 0 Å². The topological polar surface area (TPSA) is 128 Å². The minimum atomic E-state index is -5.41. The van der Waals surface area contributed by atoms with Crippen LogP contribution < -0.4 is 13.7 Å². The highest BCUT2D eigenvalue weighted by atomic mass is 32.2. The summed E-state index contributed by atoms with van der Waals surface area (Å²) in [6.07, 6.45) is 1.57. The van der Waals surface area contributed by atoms with Gasteiger partial charge in [-0.05, 0) is 30.4 Å². The molecule has 236 valence electrons. The number of ether oxygens (including phenoxy) is 1. The van der Waals surface area contributed by atoms with Crippen molar-refractivity contribution >= 4 is 62.1 Å². The number of carbonyl (C=O) groups excluding carboxylic acids is 1. The van der Waals surface area contributed by atoms with Crippen LogP contribution in [0.1, 0.15) is 11.4 Å². The van der Waals surface area contributed by atoms with E-state index in [4.69, 9.17) is 9.72 Å². The van der Waals surface area contributed by atoms with E-state index in [0.29, 0.717) is 54.7 Å². The van der Waals surface area contributed by atoms with Gasteiger partial charge in [0.1, 0.15) is 12.7 Å². The molecule has 46 heavy (non-hydrogen) atoms. The fourth-order valence-corrected chi connectivity index (χ4v) is 6.60. The largest absolute Gasteiger partial charge is 0.497 e. The van der Waals surface area contributed by atoms with Crippen molar-refractivity contribution in [3.63, 3.8) is 0 Å². The molecule has 5 heterocycles. The van der Waals surface area contributed by atoms with Crippen molar-refractivity contribution in [3.8, 4) is 11.3 Å². The van der Waals surface area contributed by atoms with Crippen molar-refractivity contribution in [3.05, 3.63) is 78.4 Å². The summed E-state index contributed by atoms with van der Waals surface area (Å²) in [5.41, 5.74) is 3.24. The van der Waals surface area contributed by atoms with E-state index in [9.17, 15) is 26.4 Å². The molecule has 7 rings (SSSR count). The van der Waals surface area contributed by atoms with E-state index in [1.807, 2.05) is 47.4 Å². The van der Waals surface area contributed by atoms with Gasteiger partial charge in [-0.25, -0.2) is 29.3 Å². The Hall–Kier alpha value is -5.06. The summed E-state index contributed by atoms with van der Waals surface area (Å²) >= 11 is 0. The van der Waals surface area contributed by atoms with Gasteiger partial charge >= 0.3 is 22.4 Å². The summed E-state index contributed by atoms with van der Waals surface area (Å²) in [7, 11) is -3.79. The molecule has 0 amide bonds. The van der Waals surface area contributed by atoms with E-state index in [0.717, 1.165) is 23.6 Å². The molecule has 0 bridgehead atoms. The number of fused-ring (bicyclic) bond motifs is 3. The zero-order chi connectivity index (χ0) is 32.3. The van der Waals surface area contributed by atoms with Gasteiger partial charge in [-0.15, -0.1) is 8.42 Å². The number of morpholine rings is 1. The van der Waals surface area contributed by atoms with Crippen LogP contribution in [0.4, 0.5) is 30.4 Å². The fourth-order valence-electron chi connectivity index (χ4n) is 5.40.